The molecule has 0 bridgehead atoms. The minimum atomic E-state index is -0.483. The molecule has 0 radical (unpaired) electrons. The molecule has 0 atom stereocenters. The molecule has 32 heavy (non-hydrogen) atoms. The van der Waals surface area contributed by atoms with E-state index in [9.17, 15) is 24.0 Å². The molecule has 0 saturated carbocycles. The van der Waals surface area contributed by atoms with Crippen LogP contribution in [0.3, 0.4) is 0 Å². The lowest BCUT2D eigenvalue weighted by Gasteiger charge is -2.20. The Labute approximate surface area is 182 Å². The number of hydrogen-bond acceptors (Lipinski definition) is 5. The highest BCUT2D eigenvalue weighted by molar-refractivity contribution is 6.30. The van der Waals surface area contributed by atoms with Gasteiger partial charge in [-0.05, 0) is 30.3 Å². The minimum Gasteiger partial charge on any atom is -0.321 e. The van der Waals surface area contributed by atoms with Gasteiger partial charge in [0, 0.05) is 35.1 Å². The lowest BCUT2D eigenvalue weighted by molar-refractivity contribution is -0.121. The zero-order valence-corrected chi connectivity index (χ0v) is 16.8. The Balaban J connectivity index is 1.44. The van der Waals surface area contributed by atoms with Gasteiger partial charge < -0.3 is 5.32 Å². The molecule has 1 fully saturated rings. The molecule has 1 heterocycles. The zero-order chi connectivity index (χ0) is 22.4. The fourth-order valence-corrected chi connectivity index (χ4v) is 4.07. The van der Waals surface area contributed by atoms with Gasteiger partial charge in [-0.15, -0.1) is 0 Å². The maximum Gasteiger partial charge on any atom is 0.255 e. The van der Waals surface area contributed by atoms with Crippen LogP contribution in [0.15, 0.2) is 66.7 Å². The molecule has 1 saturated heterocycles. The molecule has 3 aromatic carbocycles. The molecule has 7 nitrogen and oxygen atoms in total. The Hall–Kier alpha value is -4.39. The Bertz CT molecular complexity index is 1320. The molecule has 1 aliphatic heterocycles. The molecular weight excluding hydrogens is 408 g/mol. The van der Waals surface area contributed by atoms with Crippen LogP contribution >= 0.6 is 0 Å². The second kappa shape index (κ2) is 7.39. The summed E-state index contributed by atoms with van der Waals surface area (Å²) in [6.45, 7) is 0. The van der Waals surface area contributed by atoms with Crippen molar-refractivity contribution < 1.29 is 24.0 Å². The molecule has 0 aromatic heterocycles. The summed E-state index contributed by atoms with van der Waals surface area (Å²) in [5.41, 5.74) is 1.98. The van der Waals surface area contributed by atoms with Gasteiger partial charge in [-0.2, -0.15) is 0 Å². The number of rotatable bonds is 3. The highest BCUT2D eigenvalue weighted by Gasteiger charge is 2.32. The molecular formula is C25H16N2O5. The summed E-state index contributed by atoms with van der Waals surface area (Å²) < 4.78 is 0. The number of anilines is 2. The summed E-state index contributed by atoms with van der Waals surface area (Å²) in [6.07, 6.45) is 0.353. The maximum absolute atomic E-state index is 13.1. The van der Waals surface area contributed by atoms with E-state index in [4.69, 9.17) is 0 Å². The normalized spacial score (nSPS) is 14.9. The van der Waals surface area contributed by atoms with E-state index in [0.29, 0.717) is 16.8 Å². The number of amides is 3. The second-order valence-corrected chi connectivity index (χ2v) is 7.56. The average Bonchev–Trinajstić information content (AvgIpc) is 3.15. The van der Waals surface area contributed by atoms with Crippen molar-refractivity contribution in [3.05, 3.63) is 94.5 Å². The van der Waals surface area contributed by atoms with Crippen molar-refractivity contribution in [1.29, 1.82) is 0 Å². The first-order valence-electron chi connectivity index (χ1n) is 10.0. The summed E-state index contributed by atoms with van der Waals surface area (Å²) in [7, 11) is 0. The molecule has 5 rings (SSSR count). The van der Waals surface area contributed by atoms with E-state index in [1.165, 1.54) is 24.3 Å². The minimum absolute atomic E-state index is 0.162. The van der Waals surface area contributed by atoms with Gasteiger partial charge >= 0.3 is 0 Å². The van der Waals surface area contributed by atoms with Crippen LogP contribution in [-0.2, 0) is 9.59 Å². The highest BCUT2D eigenvalue weighted by atomic mass is 16.2. The van der Waals surface area contributed by atoms with Crippen molar-refractivity contribution in [3.63, 3.8) is 0 Å². The Morgan fingerprint density at radius 3 is 1.94 bits per heavy atom. The monoisotopic (exact) mass is 424 g/mol. The highest BCUT2D eigenvalue weighted by Crippen LogP contribution is 2.32. The first kappa shape index (κ1) is 19.6. The van der Waals surface area contributed by atoms with Gasteiger partial charge in [-0.3, -0.25) is 28.9 Å². The molecule has 0 unspecified atom stereocenters. The van der Waals surface area contributed by atoms with Gasteiger partial charge in [0.15, 0.2) is 11.6 Å². The number of nitrogens with zero attached hydrogens (tertiary/aromatic N) is 1. The Morgan fingerprint density at radius 2 is 1.28 bits per heavy atom. The first-order valence-corrected chi connectivity index (χ1v) is 10.0. The number of imide groups is 1. The summed E-state index contributed by atoms with van der Waals surface area (Å²) in [5.74, 6) is -1.62. The van der Waals surface area contributed by atoms with Crippen LogP contribution in [0.2, 0.25) is 0 Å². The molecule has 156 valence electrons. The molecule has 7 heteroatoms. The largest absolute Gasteiger partial charge is 0.321 e. The van der Waals surface area contributed by atoms with E-state index in [0.717, 1.165) is 4.90 Å². The standard InChI is InChI=1S/C25H16N2O5/c28-20-12-13-21(29)27(20)15-10-8-14(9-11-15)25(32)26-19-7-3-6-18-22(19)24(31)17-5-2-1-4-16(17)23(18)30/h1-11H,12-13H2,(H,26,32). The van der Waals surface area contributed by atoms with Gasteiger partial charge in [0.05, 0.1) is 16.9 Å². The summed E-state index contributed by atoms with van der Waals surface area (Å²) in [5, 5.41) is 2.72. The average molecular weight is 424 g/mol. The van der Waals surface area contributed by atoms with Crippen LogP contribution in [0.5, 0.6) is 0 Å². The number of hydrogen-bond donors (Lipinski definition) is 1. The number of nitrogens with one attached hydrogen (secondary N) is 1. The van der Waals surface area contributed by atoms with Crippen LogP contribution in [0.25, 0.3) is 0 Å². The van der Waals surface area contributed by atoms with Gasteiger partial charge in [0.1, 0.15) is 0 Å². The van der Waals surface area contributed by atoms with Gasteiger partial charge in [0.25, 0.3) is 5.91 Å². The number of ketones is 2. The van der Waals surface area contributed by atoms with Crippen molar-refractivity contribution in [2.24, 2.45) is 0 Å². The molecule has 2 aliphatic rings. The van der Waals surface area contributed by atoms with Gasteiger partial charge in [-0.1, -0.05) is 36.4 Å². The molecule has 0 spiro atoms. The van der Waals surface area contributed by atoms with Crippen molar-refractivity contribution in [2.75, 3.05) is 10.2 Å². The van der Waals surface area contributed by atoms with Crippen LogP contribution in [-0.4, -0.2) is 29.3 Å². The molecule has 1 N–H and O–H groups in total. The van der Waals surface area contributed by atoms with Crippen LogP contribution in [0.4, 0.5) is 11.4 Å². The van der Waals surface area contributed by atoms with E-state index in [1.54, 1.807) is 42.5 Å². The third kappa shape index (κ3) is 3.02. The van der Waals surface area contributed by atoms with E-state index < -0.39 is 5.91 Å². The quantitative estimate of drug-likeness (QED) is 0.508. The third-order valence-corrected chi connectivity index (χ3v) is 5.64. The first-order chi connectivity index (χ1) is 15.5. The fourth-order valence-electron chi connectivity index (χ4n) is 4.07. The SMILES string of the molecule is O=C(Nc1cccc2c1C(=O)c1ccccc1C2=O)c1ccc(N2C(=O)CCC2=O)cc1. The number of fused-ring (bicyclic) bond motifs is 2. The second-order valence-electron chi connectivity index (χ2n) is 7.56. The van der Waals surface area contributed by atoms with E-state index in [-0.39, 0.29) is 58.6 Å². The van der Waals surface area contributed by atoms with Crippen LogP contribution in [0.1, 0.15) is 55.0 Å². The summed E-state index contributed by atoms with van der Waals surface area (Å²) in [4.78, 5) is 63.7. The van der Waals surface area contributed by atoms with Crippen molar-refractivity contribution in [2.45, 2.75) is 12.8 Å². The summed E-state index contributed by atoms with van der Waals surface area (Å²) >= 11 is 0. The predicted octanol–water partition coefficient (Wildman–Crippen LogP) is 3.37. The molecule has 3 aromatic rings. The van der Waals surface area contributed by atoms with Crippen molar-refractivity contribution in [1.82, 2.24) is 0 Å². The smallest absolute Gasteiger partial charge is 0.255 e. The van der Waals surface area contributed by atoms with Crippen molar-refractivity contribution >= 4 is 40.7 Å². The van der Waals surface area contributed by atoms with Crippen LogP contribution < -0.4 is 10.2 Å². The zero-order valence-electron chi connectivity index (χ0n) is 16.8. The maximum atomic E-state index is 13.1. The van der Waals surface area contributed by atoms with E-state index in [1.807, 2.05) is 0 Å². The number of benzene rings is 3. The lowest BCUT2D eigenvalue weighted by atomic mass is 9.83. The van der Waals surface area contributed by atoms with Gasteiger partial charge in [-0.25, -0.2) is 0 Å². The van der Waals surface area contributed by atoms with E-state index in [2.05, 4.69) is 5.32 Å². The van der Waals surface area contributed by atoms with Crippen LogP contribution in [0, 0.1) is 0 Å². The Morgan fingerprint density at radius 1 is 0.688 bits per heavy atom. The topological polar surface area (TPSA) is 101 Å². The predicted molar refractivity (Wildman–Crippen MR) is 116 cm³/mol. The Kier molecular flexibility index (Phi) is 4.52. The fraction of sp³-hybridized carbons (Fsp3) is 0.0800. The number of carbonyl (C=O) groups excluding carboxylic acids is 5. The molecule has 3 amide bonds. The van der Waals surface area contributed by atoms with Gasteiger partial charge in [0.2, 0.25) is 11.8 Å². The van der Waals surface area contributed by atoms with Crippen molar-refractivity contribution in [3.8, 4) is 0 Å². The summed E-state index contributed by atoms with van der Waals surface area (Å²) in [6, 6.07) is 17.4. The molecule has 1 aliphatic carbocycles. The third-order valence-electron chi connectivity index (χ3n) is 5.64. The number of carbonyl (C=O) groups is 5. The lowest BCUT2D eigenvalue weighted by Crippen LogP contribution is -2.28. The van der Waals surface area contributed by atoms with E-state index >= 15 is 0 Å².